The summed E-state index contributed by atoms with van der Waals surface area (Å²) in [4.78, 5) is 105. The molecule has 0 aliphatic carbocycles. The minimum absolute atomic E-state index is 0.00328. The zero-order chi connectivity index (χ0) is 49.0. The maximum atomic E-state index is 13.1. The largest absolute Gasteiger partial charge is 0.481 e. The number of nitrogens with zero attached hydrogens (tertiary/aromatic N) is 5. The molecule has 8 N–H and O–H groups in total. The fourth-order valence-electron chi connectivity index (χ4n) is 6.17. The van der Waals surface area contributed by atoms with Gasteiger partial charge in [0.1, 0.15) is 22.4 Å². The van der Waals surface area contributed by atoms with Gasteiger partial charge in [0, 0.05) is 98.8 Å². The van der Waals surface area contributed by atoms with Gasteiger partial charge in [-0.15, -0.1) is 0 Å². The van der Waals surface area contributed by atoms with Crippen LogP contribution in [0.15, 0.2) is 107 Å². The minimum Gasteiger partial charge on any atom is -0.481 e. The van der Waals surface area contributed by atoms with Gasteiger partial charge in [0.15, 0.2) is 0 Å². The van der Waals surface area contributed by atoms with Crippen LogP contribution in [0.25, 0.3) is 22.1 Å². The Balaban J connectivity index is 0.000000260. The number of hydrogen-bond donors (Lipinski definition) is 6. The number of rotatable bonds is 18. The third kappa shape index (κ3) is 16.2. The van der Waals surface area contributed by atoms with Crippen molar-refractivity contribution in [3.05, 3.63) is 150 Å². The zero-order valence-electron chi connectivity index (χ0n) is 36.7. The first-order valence-electron chi connectivity index (χ1n) is 20.7. The molecule has 4 heterocycles. The molecule has 6 aromatic rings. The summed E-state index contributed by atoms with van der Waals surface area (Å²) in [5.41, 5.74) is 11.1. The van der Waals surface area contributed by atoms with Crippen molar-refractivity contribution in [2.75, 3.05) is 27.2 Å². The van der Waals surface area contributed by atoms with Gasteiger partial charge < -0.3 is 37.4 Å². The summed E-state index contributed by atoms with van der Waals surface area (Å²) in [6, 6.07) is 23.8. The monoisotopic (exact) mass is 956 g/mol. The summed E-state index contributed by atoms with van der Waals surface area (Å²) in [6.07, 6.45) is 3.28. The van der Waals surface area contributed by atoms with Crippen molar-refractivity contribution < 1.29 is 33.9 Å². The fraction of sp³-hybridized carbons (Fsp3) is 0.261. The summed E-state index contributed by atoms with van der Waals surface area (Å²) in [6.45, 7) is 1.29. The van der Waals surface area contributed by atoms with E-state index < -0.39 is 34.8 Å². The Morgan fingerprint density at radius 1 is 0.657 bits per heavy atom. The second-order valence-corrected chi connectivity index (χ2v) is 15.6. The van der Waals surface area contributed by atoms with Gasteiger partial charge in [-0.25, -0.2) is 9.97 Å². The van der Waals surface area contributed by atoms with E-state index >= 15 is 0 Å². The molecule has 0 unspecified atom stereocenters. The lowest BCUT2D eigenvalue weighted by atomic mass is 10.1. The van der Waals surface area contributed by atoms with Crippen molar-refractivity contribution in [1.82, 2.24) is 40.0 Å². The molecule has 4 aromatic heterocycles. The number of pyridine rings is 4. The average molecular weight is 958 g/mol. The van der Waals surface area contributed by atoms with E-state index in [-0.39, 0.29) is 74.9 Å². The van der Waals surface area contributed by atoms with Crippen molar-refractivity contribution in [2.24, 2.45) is 11.5 Å². The molecule has 0 aliphatic rings. The molecule has 0 saturated carbocycles. The van der Waals surface area contributed by atoms with Gasteiger partial charge in [-0.05, 0) is 78.8 Å². The lowest BCUT2D eigenvalue weighted by molar-refractivity contribution is -0.137. The van der Waals surface area contributed by atoms with Crippen LogP contribution in [0.3, 0.4) is 0 Å². The summed E-state index contributed by atoms with van der Waals surface area (Å²) < 4.78 is 2.55. The van der Waals surface area contributed by atoms with Gasteiger partial charge >= 0.3 is 5.97 Å². The topological polar surface area (TPSA) is 284 Å². The summed E-state index contributed by atoms with van der Waals surface area (Å²) in [7, 11) is 3.34. The average Bonchev–Trinajstić information content (AvgIpc) is 3.31. The van der Waals surface area contributed by atoms with Crippen LogP contribution in [0, 0.1) is 0 Å². The lowest BCUT2D eigenvalue weighted by Crippen LogP contribution is -2.35. The summed E-state index contributed by atoms with van der Waals surface area (Å²) in [5.74, 6) is -3.12. The minimum atomic E-state index is -1.04. The lowest BCUT2D eigenvalue weighted by Gasteiger charge is -2.17. The van der Waals surface area contributed by atoms with Gasteiger partial charge in [-0.2, -0.15) is 0 Å². The van der Waals surface area contributed by atoms with Crippen LogP contribution in [-0.2, 0) is 45.4 Å². The zero-order valence-corrected chi connectivity index (χ0v) is 38.2. The second-order valence-electron chi connectivity index (χ2n) is 14.7. The van der Waals surface area contributed by atoms with E-state index in [4.69, 9.17) is 39.8 Å². The standard InChI is InChI=1S/C23H24ClN5O4.C19H16ClN3O4.C4H10N2O/c1-28(11-8-19(25)30)20(31)9-12-29-21-16(3-2-10-26-21)13-18(23(29)33)22(32)27-14-15-4-6-17(24)7-5-15;20-14-5-3-12(4-6-14)11-22-18(26)15-10-13-2-1-8-21-17(13)23(19(15)27)9-7-16(24)25;1-6-3-2-4(5)7/h2-7,10,13H,8-9,11-12,14H2,1H3,(H2,25,30)(H,27,32);1-6,8,10H,7,9,11H2,(H,22,26)(H,24,25);6H,2-3H2,1H3,(H2,5,7). The molecule has 352 valence electrons. The Bertz CT molecular complexity index is 2840. The third-order valence-electron chi connectivity index (χ3n) is 9.76. The predicted octanol–water partition coefficient (Wildman–Crippen LogP) is 3.24. The SMILES string of the molecule is CN(CCC(N)=O)C(=O)CCn1c(=O)c(C(=O)NCc2ccc(Cl)cc2)cc2cccnc21.CNCCC(N)=O.O=C(O)CCn1c(=O)c(C(=O)NCc2ccc(Cl)cc2)cc2cccnc21. The van der Waals surface area contributed by atoms with Crippen molar-refractivity contribution in [3.8, 4) is 0 Å². The molecule has 0 aliphatic heterocycles. The van der Waals surface area contributed by atoms with Gasteiger partial charge in [-0.1, -0.05) is 47.5 Å². The third-order valence-corrected chi connectivity index (χ3v) is 10.3. The van der Waals surface area contributed by atoms with Crippen LogP contribution in [-0.4, -0.2) is 91.8 Å². The molecule has 5 amide bonds. The molecule has 19 nitrogen and oxygen atoms in total. The number of nitrogens with two attached hydrogens (primary N) is 2. The molecular formula is C46H50Cl2N10O9. The second kappa shape index (κ2) is 25.9. The quantitative estimate of drug-likeness (QED) is 0.0725. The van der Waals surface area contributed by atoms with Crippen molar-refractivity contribution in [3.63, 3.8) is 0 Å². The number of benzene rings is 2. The molecule has 0 radical (unpaired) electrons. The Labute approximate surface area is 394 Å². The van der Waals surface area contributed by atoms with E-state index in [0.29, 0.717) is 45.1 Å². The molecule has 2 aromatic carbocycles. The van der Waals surface area contributed by atoms with Crippen LogP contribution in [0.2, 0.25) is 10.0 Å². The number of aromatic nitrogens is 4. The van der Waals surface area contributed by atoms with E-state index in [9.17, 15) is 38.4 Å². The van der Waals surface area contributed by atoms with Gasteiger partial charge in [-0.3, -0.25) is 47.5 Å². The molecule has 0 saturated heterocycles. The number of primary amides is 2. The van der Waals surface area contributed by atoms with E-state index in [1.807, 2.05) is 0 Å². The first-order chi connectivity index (χ1) is 32.0. The summed E-state index contributed by atoms with van der Waals surface area (Å²) in [5, 5.41) is 19.5. The number of amides is 5. The highest BCUT2D eigenvalue weighted by atomic mass is 35.5. The number of halogens is 2. The maximum absolute atomic E-state index is 13.1. The number of nitrogens with one attached hydrogen (secondary N) is 3. The number of aryl methyl sites for hydroxylation is 2. The normalized spacial score (nSPS) is 10.5. The van der Waals surface area contributed by atoms with Gasteiger partial charge in [0.25, 0.3) is 22.9 Å². The Hall–Kier alpha value is -7.48. The molecule has 0 fully saturated rings. The number of carboxylic acid groups (broad SMARTS) is 1. The van der Waals surface area contributed by atoms with Gasteiger partial charge in [0.2, 0.25) is 17.7 Å². The van der Waals surface area contributed by atoms with Gasteiger partial charge in [0.05, 0.1) is 6.42 Å². The molecule has 67 heavy (non-hydrogen) atoms. The fourth-order valence-corrected chi connectivity index (χ4v) is 6.42. The van der Waals surface area contributed by atoms with E-state index in [0.717, 1.165) is 11.1 Å². The predicted molar refractivity (Wildman–Crippen MR) is 253 cm³/mol. The van der Waals surface area contributed by atoms with E-state index in [1.165, 1.54) is 32.4 Å². The first-order valence-corrected chi connectivity index (χ1v) is 21.4. The number of fused-ring (bicyclic) bond motifs is 2. The summed E-state index contributed by atoms with van der Waals surface area (Å²) >= 11 is 11.7. The Morgan fingerprint density at radius 3 is 1.48 bits per heavy atom. The van der Waals surface area contributed by atoms with Crippen molar-refractivity contribution in [2.45, 2.75) is 51.9 Å². The van der Waals surface area contributed by atoms with Crippen molar-refractivity contribution in [1.29, 1.82) is 0 Å². The number of carboxylic acids is 1. The van der Waals surface area contributed by atoms with Crippen LogP contribution >= 0.6 is 23.2 Å². The molecule has 6 rings (SSSR count). The highest BCUT2D eigenvalue weighted by Crippen LogP contribution is 2.15. The number of carbonyl (C=O) groups excluding carboxylic acids is 5. The molecule has 0 bridgehead atoms. The van der Waals surface area contributed by atoms with Crippen LogP contribution in [0.5, 0.6) is 0 Å². The number of carbonyl (C=O) groups is 6. The van der Waals surface area contributed by atoms with E-state index in [1.54, 1.807) is 93.1 Å². The van der Waals surface area contributed by atoms with Crippen LogP contribution < -0.4 is 38.5 Å². The first kappa shape index (κ1) is 52.1. The number of aliphatic carboxylic acids is 1. The van der Waals surface area contributed by atoms with Crippen molar-refractivity contribution >= 4 is 80.8 Å². The Morgan fingerprint density at radius 2 is 1.09 bits per heavy atom. The van der Waals surface area contributed by atoms with Crippen LogP contribution in [0.4, 0.5) is 0 Å². The molecule has 0 spiro atoms. The van der Waals surface area contributed by atoms with Crippen LogP contribution in [0.1, 0.15) is 57.5 Å². The van der Waals surface area contributed by atoms with E-state index in [2.05, 4.69) is 25.9 Å². The molecular weight excluding hydrogens is 907 g/mol. The molecule has 0 atom stereocenters. The number of hydrogen-bond acceptors (Lipinski definition) is 11. The highest BCUT2D eigenvalue weighted by molar-refractivity contribution is 6.30. The highest BCUT2D eigenvalue weighted by Gasteiger charge is 2.19. The maximum Gasteiger partial charge on any atom is 0.305 e. The Kier molecular flexibility index (Phi) is 20.1. The smallest absolute Gasteiger partial charge is 0.305 e. The molecule has 21 heteroatoms.